The van der Waals surface area contributed by atoms with Crippen molar-refractivity contribution in [3.05, 3.63) is 48.0 Å². The van der Waals surface area contributed by atoms with E-state index in [9.17, 15) is 8.42 Å². The highest BCUT2D eigenvalue weighted by Gasteiger charge is 2.16. The summed E-state index contributed by atoms with van der Waals surface area (Å²) in [6.07, 6.45) is 0.623. The van der Waals surface area contributed by atoms with E-state index in [0.717, 1.165) is 16.3 Å². The molecule has 2 rings (SSSR count). The van der Waals surface area contributed by atoms with E-state index in [4.69, 9.17) is 0 Å². The van der Waals surface area contributed by atoms with Crippen LogP contribution in [0.1, 0.15) is 31.9 Å². The Morgan fingerprint density at radius 3 is 2.53 bits per heavy atom. The zero-order valence-corrected chi connectivity index (χ0v) is 12.1. The molecule has 2 aromatic carbocycles. The van der Waals surface area contributed by atoms with Gasteiger partial charge in [0.2, 0.25) is 10.0 Å². The van der Waals surface area contributed by atoms with Crippen LogP contribution in [0.4, 0.5) is 0 Å². The minimum atomic E-state index is -3.20. The van der Waals surface area contributed by atoms with Crippen LogP contribution in [-0.2, 0) is 10.0 Å². The third kappa shape index (κ3) is 3.33. The lowest BCUT2D eigenvalue weighted by Crippen LogP contribution is -2.29. The molecular formula is C15H19NO2S. The normalized spacial score (nSPS) is 13.6. The summed E-state index contributed by atoms with van der Waals surface area (Å²) in [5.74, 6) is 0.169. The summed E-state index contributed by atoms with van der Waals surface area (Å²) in [5.41, 5.74) is 1.01. The van der Waals surface area contributed by atoms with Crippen LogP contribution in [0.3, 0.4) is 0 Å². The van der Waals surface area contributed by atoms with E-state index in [0.29, 0.717) is 6.42 Å². The van der Waals surface area contributed by atoms with Gasteiger partial charge in [-0.3, -0.25) is 0 Å². The predicted octanol–water partition coefficient (Wildman–Crippen LogP) is 3.23. The molecule has 0 spiro atoms. The van der Waals surface area contributed by atoms with Crippen molar-refractivity contribution in [3.8, 4) is 0 Å². The molecule has 0 saturated carbocycles. The number of nitrogens with one attached hydrogen (secondary N) is 1. The molecule has 0 amide bonds. The molecule has 19 heavy (non-hydrogen) atoms. The smallest absolute Gasteiger partial charge is 0.212 e. The second-order valence-corrected chi connectivity index (χ2v) is 6.60. The van der Waals surface area contributed by atoms with E-state index in [-0.39, 0.29) is 11.8 Å². The highest BCUT2D eigenvalue weighted by molar-refractivity contribution is 7.89. The van der Waals surface area contributed by atoms with Crippen LogP contribution in [0.25, 0.3) is 10.8 Å². The van der Waals surface area contributed by atoms with Gasteiger partial charge in [-0.1, -0.05) is 49.4 Å². The van der Waals surface area contributed by atoms with Crippen LogP contribution in [0.15, 0.2) is 42.5 Å². The highest BCUT2D eigenvalue weighted by atomic mass is 32.2. The van der Waals surface area contributed by atoms with E-state index in [2.05, 4.69) is 4.72 Å². The first-order valence-electron chi connectivity index (χ1n) is 6.51. The van der Waals surface area contributed by atoms with Crippen molar-refractivity contribution in [3.63, 3.8) is 0 Å². The summed E-state index contributed by atoms with van der Waals surface area (Å²) in [5, 5.41) is 2.22. The summed E-state index contributed by atoms with van der Waals surface area (Å²) in [6, 6.07) is 13.8. The fourth-order valence-electron chi connectivity index (χ4n) is 2.29. The van der Waals surface area contributed by atoms with Crippen LogP contribution < -0.4 is 4.72 Å². The van der Waals surface area contributed by atoms with Gasteiger partial charge in [-0.15, -0.1) is 0 Å². The monoisotopic (exact) mass is 277 g/mol. The molecule has 1 N–H and O–H groups in total. The molecule has 0 heterocycles. The Morgan fingerprint density at radius 2 is 1.79 bits per heavy atom. The Kier molecular flexibility index (Phi) is 4.22. The standard InChI is InChI=1S/C15H19NO2S/c1-3-11-19(17,18)16-12(2)14-10-6-8-13-7-4-5-9-15(13)14/h4-10,12,16H,3,11H2,1-2H3/t12-/m0/s1. The third-order valence-electron chi connectivity index (χ3n) is 3.12. The Morgan fingerprint density at radius 1 is 1.11 bits per heavy atom. The fraction of sp³-hybridized carbons (Fsp3) is 0.333. The van der Waals surface area contributed by atoms with Crippen molar-refractivity contribution < 1.29 is 8.42 Å². The van der Waals surface area contributed by atoms with Crippen molar-refractivity contribution in [2.45, 2.75) is 26.3 Å². The lowest BCUT2D eigenvalue weighted by molar-refractivity contribution is 0.566. The van der Waals surface area contributed by atoms with Crippen LogP contribution >= 0.6 is 0 Å². The van der Waals surface area contributed by atoms with E-state index in [1.54, 1.807) is 0 Å². The summed E-state index contributed by atoms with van der Waals surface area (Å²) in [4.78, 5) is 0. The first kappa shape index (κ1) is 14.0. The Balaban J connectivity index is 2.34. The number of rotatable bonds is 5. The van der Waals surface area contributed by atoms with Gasteiger partial charge in [-0.05, 0) is 29.7 Å². The van der Waals surface area contributed by atoms with Crippen LogP contribution in [0.2, 0.25) is 0 Å². The maximum atomic E-state index is 11.8. The summed E-state index contributed by atoms with van der Waals surface area (Å²) in [6.45, 7) is 3.75. The minimum absolute atomic E-state index is 0.169. The topological polar surface area (TPSA) is 46.2 Å². The second-order valence-electron chi connectivity index (χ2n) is 4.73. The van der Waals surface area contributed by atoms with Crippen molar-refractivity contribution in [1.82, 2.24) is 4.72 Å². The third-order valence-corrected chi connectivity index (χ3v) is 4.78. The molecule has 0 radical (unpaired) electrons. The van der Waals surface area contributed by atoms with Gasteiger partial charge in [-0.2, -0.15) is 0 Å². The second kappa shape index (κ2) is 5.72. The summed E-state index contributed by atoms with van der Waals surface area (Å²) < 4.78 is 26.4. The lowest BCUT2D eigenvalue weighted by atomic mass is 10.0. The number of benzene rings is 2. The van der Waals surface area contributed by atoms with E-state index in [1.165, 1.54) is 0 Å². The molecule has 1 atom stereocenters. The molecule has 102 valence electrons. The lowest BCUT2D eigenvalue weighted by Gasteiger charge is -2.16. The molecule has 0 saturated heterocycles. The maximum absolute atomic E-state index is 11.8. The number of fused-ring (bicyclic) bond motifs is 1. The van der Waals surface area contributed by atoms with Crippen molar-refractivity contribution in [2.75, 3.05) is 5.75 Å². The number of hydrogen-bond donors (Lipinski definition) is 1. The van der Waals surface area contributed by atoms with Gasteiger partial charge >= 0.3 is 0 Å². The van der Waals surface area contributed by atoms with Crippen LogP contribution in [-0.4, -0.2) is 14.2 Å². The highest BCUT2D eigenvalue weighted by Crippen LogP contribution is 2.24. The van der Waals surface area contributed by atoms with Gasteiger partial charge in [-0.25, -0.2) is 13.1 Å². The molecule has 0 aliphatic carbocycles. The van der Waals surface area contributed by atoms with Gasteiger partial charge in [0.25, 0.3) is 0 Å². The van der Waals surface area contributed by atoms with Crippen LogP contribution in [0, 0.1) is 0 Å². The molecule has 0 unspecified atom stereocenters. The average molecular weight is 277 g/mol. The largest absolute Gasteiger partial charge is 0.212 e. The fourth-order valence-corrected chi connectivity index (χ4v) is 3.61. The van der Waals surface area contributed by atoms with Crippen molar-refractivity contribution in [2.24, 2.45) is 0 Å². The number of sulfonamides is 1. The molecule has 0 bridgehead atoms. The Labute approximate surface area is 114 Å². The summed E-state index contributed by atoms with van der Waals surface area (Å²) in [7, 11) is -3.20. The van der Waals surface area contributed by atoms with Gasteiger partial charge in [0.1, 0.15) is 0 Å². The number of hydrogen-bond acceptors (Lipinski definition) is 2. The first-order chi connectivity index (χ1) is 9.03. The van der Waals surface area contributed by atoms with E-state index >= 15 is 0 Å². The minimum Gasteiger partial charge on any atom is -0.212 e. The molecule has 0 fully saturated rings. The Bertz CT molecular complexity index is 659. The van der Waals surface area contributed by atoms with Gasteiger partial charge in [0.15, 0.2) is 0 Å². The molecule has 0 aromatic heterocycles. The summed E-state index contributed by atoms with van der Waals surface area (Å²) >= 11 is 0. The van der Waals surface area contributed by atoms with E-state index in [1.807, 2.05) is 56.3 Å². The van der Waals surface area contributed by atoms with Gasteiger partial charge in [0, 0.05) is 6.04 Å². The molecule has 0 aliphatic heterocycles. The van der Waals surface area contributed by atoms with E-state index < -0.39 is 10.0 Å². The van der Waals surface area contributed by atoms with Gasteiger partial charge in [0.05, 0.1) is 5.75 Å². The molecule has 3 nitrogen and oxygen atoms in total. The quantitative estimate of drug-likeness (QED) is 0.912. The van der Waals surface area contributed by atoms with Crippen molar-refractivity contribution in [1.29, 1.82) is 0 Å². The average Bonchev–Trinajstić information content (AvgIpc) is 2.37. The van der Waals surface area contributed by atoms with Crippen LogP contribution in [0.5, 0.6) is 0 Å². The SMILES string of the molecule is CCCS(=O)(=O)N[C@@H](C)c1cccc2ccccc12. The van der Waals surface area contributed by atoms with Crippen molar-refractivity contribution >= 4 is 20.8 Å². The zero-order valence-electron chi connectivity index (χ0n) is 11.3. The van der Waals surface area contributed by atoms with Gasteiger partial charge < -0.3 is 0 Å². The Hall–Kier alpha value is -1.39. The molecule has 4 heteroatoms. The molecular weight excluding hydrogens is 258 g/mol. The zero-order chi connectivity index (χ0) is 13.9. The first-order valence-corrected chi connectivity index (χ1v) is 8.16. The maximum Gasteiger partial charge on any atom is 0.212 e. The predicted molar refractivity (Wildman–Crippen MR) is 79.6 cm³/mol. The molecule has 2 aromatic rings. The molecule has 0 aliphatic rings.